The number of urea groups is 1. The number of carbonyl (C=O) groups is 3. The van der Waals surface area contributed by atoms with Gasteiger partial charge in [0.15, 0.2) is 0 Å². The van der Waals surface area contributed by atoms with Crippen LogP contribution in [0.5, 0.6) is 5.75 Å². The van der Waals surface area contributed by atoms with Gasteiger partial charge in [-0.3, -0.25) is 14.5 Å². The largest absolute Gasteiger partial charge is 0.495 e. The Hall–Kier alpha value is -2.57. The van der Waals surface area contributed by atoms with Crippen LogP contribution < -0.4 is 15.4 Å². The van der Waals surface area contributed by atoms with Crippen molar-refractivity contribution in [1.82, 2.24) is 10.2 Å². The molecule has 29 heavy (non-hydrogen) atoms. The van der Waals surface area contributed by atoms with Crippen LogP contribution in [0.2, 0.25) is 0 Å². The van der Waals surface area contributed by atoms with Gasteiger partial charge in [-0.2, -0.15) is 0 Å². The van der Waals surface area contributed by atoms with Crippen LogP contribution in [0.4, 0.5) is 10.5 Å². The monoisotopic (exact) mass is 401 g/mol. The summed E-state index contributed by atoms with van der Waals surface area (Å²) in [5.41, 5.74) is 0.607. The van der Waals surface area contributed by atoms with Gasteiger partial charge in [-0.05, 0) is 41.9 Å². The molecule has 1 heterocycles. The van der Waals surface area contributed by atoms with Gasteiger partial charge in [0.1, 0.15) is 17.8 Å². The molecule has 1 saturated carbocycles. The molecule has 3 rings (SSSR count). The highest BCUT2D eigenvalue weighted by Crippen LogP contribution is 2.38. The number of ether oxygens (including phenoxy) is 1. The molecule has 1 aromatic carbocycles. The SMILES string of the molecule is COc1ccc(C(C)(C)C)cc1NC(=O)CN1C(=O)NC2(CCCCC2C)C1=O. The summed E-state index contributed by atoms with van der Waals surface area (Å²) in [6, 6.07) is 5.14. The van der Waals surface area contributed by atoms with Gasteiger partial charge in [0.05, 0.1) is 12.8 Å². The van der Waals surface area contributed by atoms with Crippen molar-refractivity contribution in [3.63, 3.8) is 0 Å². The summed E-state index contributed by atoms with van der Waals surface area (Å²) in [5.74, 6) is -0.135. The van der Waals surface area contributed by atoms with Gasteiger partial charge in [0.25, 0.3) is 5.91 Å². The second-order valence-corrected chi connectivity index (χ2v) is 9.15. The normalized spacial score (nSPS) is 24.6. The Morgan fingerprint density at radius 1 is 1.31 bits per heavy atom. The van der Waals surface area contributed by atoms with Crippen LogP contribution in [0.1, 0.15) is 58.9 Å². The third-order valence-corrected chi connectivity index (χ3v) is 6.14. The topological polar surface area (TPSA) is 87.7 Å². The molecule has 0 aromatic heterocycles. The van der Waals surface area contributed by atoms with Crippen molar-refractivity contribution in [2.45, 2.75) is 64.3 Å². The number of benzene rings is 1. The standard InChI is InChI=1S/C22H31N3O4/c1-14-8-6-7-11-22(14)19(27)25(20(28)24-22)13-18(26)23-16-12-15(21(2,3)4)9-10-17(16)29-5/h9-10,12,14H,6-8,11,13H2,1-5H3,(H,23,26)(H,24,28). The number of carbonyl (C=O) groups excluding carboxylic acids is 3. The second kappa shape index (κ2) is 7.69. The number of nitrogens with zero attached hydrogens (tertiary/aromatic N) is 1. The summed E-state index contributed by atoms with van der Waals surface area (Å²) in [5, 5.41) is 5.68. The third-order valence-electron chi connectivity index (χ3n) is 6.14. The molecular weight excluding hydrogens is 370 g/mol. The van der Waals surface area contributed by atoms with Crippen molar-refractivity contribution in [2.75, 3.05) is 19.0 Å². The molecule has 158 valence electrons. The van der Waals surface area contributed by atoms with Gasteiger partial charge in [-0.25, -0.2) is 4.79 Å². The number of methoxy groups -OCH3 is 1. The van der Waals surface area contributed by atoms with E-state index in [2.05, 4.69) is 31.4 Å². The Balaban J connectivity index is 1.76. The molecule has 1 aromatic rings. The van der Waals surface area contributed by atoms with E-state index in [1.54, 1.807) is 0 Å². The summed E-state index contributed by atoms with van der Waals surface area (Å²) < 4.78 is 5.36. The molecule has 2 unspecified atom stereocenters. The van der Waals surface area contributed by atoms with Crippen molar-refractivity contribution in [2.24, 2.45) is 5.92 Å². The number of amides is 4. The van der Waals surface area contributed by atoms with Gasteiger partial charge in [0, 0.05) is 0 Å². The van der Waals surface area contributed by atoms with Crippen molar-refractivity contribution in [3.8, 4) is 5.75 Å². The average Bonchev–Trinajstić information content (AvgIpc) is 2.88. The molecule has 1 aliphatic heterocycles. The minimum atomic E-state index is -0.862. The van der Waals surface area contributed by atoms with Crippen LogP contribution in [-0.4, -0.2) is 41.9 Å². The van der Waals surface area contributed by atoms with Gasteiger partial charge in [-0.15, -0.1) is 0 Å². The predicted octanol–water partition coefficient (Wildman–Crippen LogP) is 3.43. The van der Waals surface area contributed by atoms with Crippen LogP contribution in [0.25, 0.3) is 0 Å². The van der Waals surface area contributed by atoms with Crippen molar-refractivity contribution in [3.05, 3.63) is 23.8 Å². The van der Waals surface area contributed by atoms with E-state index in [0.29, 0.717) is 17.9 Å². The molecule has 2 atom stereocenters. The number of rotatable bonds is 4. The average molecular weight is 402 g/mol. The molecule has 2 N–H and O–H groups in total. The molecule has 2 fully saturated rings. The van der Waals surface area contributed by atoms with Crippen LogP contribution in [0, 0.1) is 5.92 Å². The fraction of sp³-hybridized carbons (Fsp3) is 0.591. The van der Waals surface area contributed by atoms with E-state index in [0.717, 1.165) is 29.7 Å². The zero-order chi connectivity index (χ0) is 21.4. The maximum Gasteiger partial charge on any atom is 0.325 e. The van der Waals surface area contributed by atoms with Crippen molar-refractivity contribution >= 4 is 23.5 Å². The first kappa shape index (κ1) is 21.1. The number of anilines is 1. The molecule has 1 spiro atoms. The third kappa shape index (κ3) is 3.95. The Morgan fingerprint density at radius 2 is 2.03 bits per heavy atom. The van der Waals surface area contributed by atoms with E-state index in [-0.39, 0.29) is 23.8 Å². The lowest BCUT2D eigenvalue weighted by Crippen LogP contribution is -2.54. The van der Waals surface area contributed by atoms with E-state index in [1.165, 1.54) is 7.11 Å². The summed E-state index contributed by atoms with van der Waals surface area (Å²) in [6.07, 6.45) is 3.46. The van der Waals surface area contributed by atoms with Crippen LogP contribution in [0.3, 0.4) is 0 Å². The molecule has 2 aliphatic rings. The van der Waals surface area contributed by atoms with Gasteiger partial charge in [-0.1, -0.05) is 46.6 Å². The van der Waals surface area contributed by atoms with Gasteiger partial charge in [0.2, 0.25) is 5.91 Å². The molecule has 0 bridgehead atoms. The highest BCUT2D eigenvalue weighted by Gasteiger charge is 2.55. The quantitative estimate of drug-likeness (QED) is 0.757. The van der Waals surface area contributed by atoms with E-state index in [9.17, 15) is 14.4 Å². The predicted molar refractivity (Wildman–Crippen MR) is 111 cm³/mol. The molecule has 7 nitrogen and oxygen atoms in total. The first-order chi connectivity index (χ1) is 13.6. The zero-order valence-corrected chi connectivity index (χ0v) is 17.9. The van der Waals surface area contributed by atoms with E-state index in [1.807, 2.05) is 25.1 Å². The smallest absolute Gasteiger partial charge is 0.325 e. The Bertz CT molecular complexity index is 830. The fourth-order valence-corrected chi connectivity index (χ4v) is 4.24. The van der Waals surface area contributed by atoms with E-state index < -0.39 is 17.5 Å². The maximum atomic E-state index is 13.0. The first-order valence-electron chi connectivity index (χ1n) is 10.2. The summed E-state index contributed by atoms with van der Waals surface area (Å²) in [4.78, 5) is 39.3. The van der Waals surface area contributed by atoms with Crippen LogP contribution >= 0.6 is 0 Å². The highest BCUT2D eigenvalue weighted by atomic mass is 16.5. The minimum Gasteiger partial charge on any atom is -0.495 e. The Labute approximate surface area is 172 Å². The van der Waals surface area contributed by atoms with Crippen molar-refractivity contribution in [1.29, 1.82) is 0 Å². The number of imide groups is 1. The van der Waals surface area contributed by atoms with E-state index >= 15 is 0 Å². The zero-order valence-electron chi connectivity index (χ0n) is 17.9. The molecule has 4 amide bonds. The minimum absolute atomic E-state index is 0.0596. The fourth-order valence-electron chi connectivity index (χ4n) is 4.24. The molecule has 1 aliphatic carbocycles. The summed E-state index contributed by atoms with van der Waals surface area (Å²) in [7, 11) is 1.54. The van der Waals surface area contributed by atoms with Gasteiger partial charge >= 0.3 is 6.03 Å². The Kier molecular flexibility index (Phi) is 5.61. The lowest BCUT2D eigenvalue weighted by atomic mass is 9.73. The molecule has 0 radical (unpaired) electrons. The lowest BCUT2D eigenvalue weighted by molar-refractivity contribution is -0.136. The summed E-state index contributed by atoms with van der Waals surface area (Å²) >= 11 is 0. The van der Waals surface area contributed by atoms with Crippen molar-refractivity contribution < 1.29 is 19.1 Å². The van der Waals surface area contributed by atoms with Gasteiger partial charge < -0.3 is 15.4 Å². The van der Waals surface area contributed by atoms with Crippen LogP contribution in [0.15, 0.2) is 18.2 Å². The second-order valence-electron chi connectivity index (χ2n) is 9.15. The number of hydrogen-bond donors (Lipinski definition) is 2. The highest BCUT2D eigenvalue weighted by molar-refractivity contribution is 6.10. The molecular formula is C22H31N3O4. The van der Waals surface area contributed by atoms with Crippen LogP contribution in [-0.2, 0) is 15.0 Å². The van der Waals surface area contributed by atoms with E-state index in [4.69, 9.17) is 4.74 Å². The number of nitrogens with one attached hydrogen (secondary N) is 2. The molecule has 7 heteroatoms. The Morgan fingerprint density at radius 3 is 2.66 bits per heavy atom. The first-order valence-corrected chi connectivity index (χ1v) is 10.2. The maximum absolute atomic E-state index is 13.0. The summed E-state index contributed by atoms with van der Waals surface area (Å²) in [6.45, 7) is 7.92. The number of hydrogen-bond acceptors (Lipinski definition) is 4. The molecule has 1 saturated heterocycles. The lowest BCUT2D eigenvalue weighted by Gasteiger charge is -2.36.